The molecule has 0 bridgehead atoms. The largest absolute Gasteiger partial charge is 0.493 e. The molecule has 152 valence electrons. The normalized spacial score (nSPS) is 16.4. The maximum atomic E-state index is 13.2. The molecule has 8 heteroatoms. The first-order chi connectivity index (χ1) is 14.0. The average molecular weight is 415 g/mol. The van der Waals surface area contributed by atoms with Crippen LogP contribution >= 0.6 is 11.3 Å². The highest BCUT2D eigenvalue weighted by Gasteiger charge is 2.31. The molecule has 1 N–H and O–H groups in total. The van der Waals surface area contributed by atoms with Gasteiger partial charge >= 0.3 is 0 Å². The molecular formula is C21H23FN4O2S. The fraction of sp³-hybridized carbons (Fsp3) is 0.381. The van der Waals surface area contributed by atoms with Gasteiger partial charge in [-0.15, -0.1) is 11.3 Å². The molecule has 1 atom stereocenters. The van der Waals surface area contributed by atoms with Crippen LogP contribution in [0.25, 0.3) is 0 Å². The van der Waals surface area contributed by atoms with E-state index >= 15 is 0 Å². The number of carbonyl (C=O) groups is 1. The Morgan fingerprint density at radius 1 is 1.38 bits per heavy atom. The van der Waals surface area contributed by atoms with Crippen molar-refractivity contribution < 1.29 is 13.9 Å². The monoisotopic (exact) mass is 414 g/mol. The van der Waals surface area contributed by atoms with Crippen LogP contribution in [-0.2, 0) is 6.42 Å². The fourth-order valence-electron chi connectivity index (χ4n) is 3.61. The van der Waals surface area contributed by atoms with Gasteiger partial charge in [0, 0.05) is 37.2 Å². The first-order valence-electron chi connectivity index (χ1n) is 9.65. The molecule has 6 nitrogen and oxygen atoms in total. The number of halogens is 1. The number of amides is 1. The molecule has 1 saturated heterocycles. The lowest BCUT2D eigenvalue weighted by atomic mass is 10.0. The minimum Gasteiger partial charge on any atom is -0.493 e. The Balaban J connectivity index is 1.31. The van der Waals surface area contributed by atoms with Gasteiger partial charge < -0.3 is 9.64 Å². The number of nitrogens with zero attached hydrogens (tertiary/aromatic N) is 3. The van der Waals surface area contributed by atoms with E-state index < -0.39 is 0 Å². The molecule has 3 heterocycles. The number of rotatable bonds is 6. The lowest BCUT2D eigenvalue weighted by Gasteiger charge is -2.15. The standard InChI is InChI=1S/C21H23FN4O2S/c1-13-20(29-14(2)23-13)21(27)26-8-6-15(12-26)19-11-17(24-25-19)7-9-28-18-5-3-4-16(22)10-18/h3-5,10-11,15H,6-9,12H2,1-2H3,(H,24,25)/t15-/m1/s1. The zero-order chi connectivity index (χ0) is 20.4. The number of hydrogen-bond acceptors (Lipinski definition) is 5. The minimum absolute atomic E-state index is 0.0647. The summed E-state index contributed by atoms with van der Waals surface area (Å²) in [6.45, 7) is 5.63. The Bertz CT molecular complexity index is 1020. The topological polar surface area (TPSA) is 71.1 Å². The molecule has 2 aromatic heterocycles. The van der Waals surface area contributed by atoms with Crippen LogP contribution in [0.3, 0.4) is 0 Å². The van der Waals surface area contributed by atoms with Crippen molar-refractivity contribution in [2.45, 2.75) is 32.6 Å². The van der Waals surface area contributed by atoms with Crippen LogP contribution in [0.1, 0.15) is 44.1 Å². The van der Waals surface area contributed by atoms with Crippen LogP contribution in [0.15, 0.2) is 30.3 Å². The van der Waals surface area contributed by atoms with Crippen LogP contribution in [-0.4, -0.2) is 45.7 Å². The van der Waals surface area contributed by atoms with Gasteiger partial charge in [-0.25, -0.2) is 9.37 Å². The lowest BCUT2D eigenvalue weighted by molar-refractivity contribution is 0.0794. The Kier molecular flexibility index (Phi) is 5.62. The van der Waals surface area contributed by atoms with Gasteiger partial charge in [-0.05, 0) is 38.5 Å². The van der Waals surface area contributed by atoms with Gasteiger partial charge in [-0.2, -0.15) is 5.10 Å². The molecule has 1 aliphatic rings. The Morgan fingerprint density at radius 2 is 2.24 bits per heavy atom. The molecule has 0 spiro atoms. The number of aryl methyl sites for hydroxylation is 2. The van der Waals surface area contributed by atoms with Crippen molar-refractivity contribution in [2.75, 3.05) is 19.7 Å². The maximum absolute atomic E-state index is 13.2. The Hall–Kier alpha value is -2.74. The second-order valence-electron chi connectivity index (χ2n) is 7.26. The Labute approximate surface area is 172 Å². The highest BCUT2D eigenvalue weighted by Crippen LogP contribution is 2.29. The maximum Gasteiger partial charge on any atom is 0.265 e. The molecule has 4 rings (SSSR count). The molecule has 29 heavy (non-hydrogen) atoms. The summed E-state index contributed by atoms with van der Waals surface area (Å²) in [5, 5.41) is 8.41. The third-order valence-electron chi connectivity index (χ3n) is 5.08. The van der Waals surface area contributed by atoms with E-state index in [1.54, 1.807) is 12.1 Å². The third-order valence-corrected chi connectivity index (χ3v) is 6.14. The van der Waals surface area contributed by atoms with Crippen LogP contribution in [0.2, 0.25) is 0 Å². The van der Waals surface area contributed by atoms with Gasteiger partial charge in [0.05, 0.1) is 23.0 Å². The predicted molar refractivity (Wildman–Crippen MR) is 109 cm³/mol. The summed E-state index contributed by atoms with van der Waals surface area (Å²) in [5.74, 6) is 0.496. The molecule has 0 radical (unpaired) electrons. The van der Waals surface area contributed by atoms with Crippen molar-refractivity contribution in [3.63, 3.8) is 0 Å². The van der Waals surface area contributed by atoms with Gasteiger partial charge in [0.25, 0.3) is 5.91 Å². The number of hydrogen-bond donors (Lipinski definition) is 1. The van der Waals surface area contributed by atoms with Gasteiger partial charge in [0.1, 0.15) is 16.4 Å². The zero-order valence-corrected chi connectivity index (χ0v) is 17.3. The highest BCUT2D eigenvalue weighted by atomic mass is 32.1. The second-order valence-corrected chi connectivity index (χ2v) is 8.46. The van der Waals surface area contributed by atoms with Crippen molar-refractivity contribution in [1.29, 1.82) is 0 Å². The highest BCUT2D eigenvalue weighted by molar-refractivity contribution is 7.13. The molecule has 1 aliphatic heterocycles. The summed E-state index contributed by atoms with van der Waals surface area (Å²) in [6, 6.07) is 8.16. The number of benzene rings is 1. The summed E-state index contributed by atoms with van der Waals surface area (Å²) >= 11 is 1.46. The van der Waals surface area contributed by atoms with E-state index in [1.165, 1.54) is 23.5 Å². The minimum atomic E-state index is -0.310. The molecule has 1 fully saturated rings. The summed E-state index contributed by atoms with van der Waals surface area (Å²) < 4.78 is 18.8. The van der Waals surface area contributed by atoms with Crippen molar-refractivity contribution in [2.24, 2.45) is 0 Å². The number of carbonyl (C=O) groups excluding carboxylic acids is 1. The van der Waals surface area contributed by atoms with Crippen LogP contribution in [0.5, 0.6) is 5.75 Å². The molecular weight excluding hydrogens is 391 g/mol. The number of aromatic nitrogens is 3. The van der Waals surface area contributed by atoms with Crippen molar-refractivity contribution >= 4 is 17.2 Å². The van der Waals surface area contributed by atoms with E-state index in [0.29, 0.717) is 25.3 Å². The number of thiazole rings is 1. The smallest absolute Gasteiger partial charge is 0.265 e. The van der Waals surface area contributed by atoms with Crippen LogP contribution < -0.4 is 4.74 Å². The second kappa shape index (κ2) is 8.32. The van der Waals surface area contributed by atoms with E-state index in [9.17, 15) is 9.18 Å². The quantitative estimate of drug-likeness (QED) is 0.665. The summed E-state index contributed by atoms with van der Waals surface area (Å²) in [4.78, 5) is 19.8. The van der Waals surface area contributed by atoms with Crippen molar-refractivity contribution in [1.82, 2.24) is 20.1 Å². The van der Waals surface area contributed by atoms with E-state index in [0.717, 1.165) is 39.9 Å². The van der Waals surface area contributed by atoms with Crippen molar-refractivity contribution in [3.8, 4) is 5.75 Å². The number of nitrogens with one attached hydrogen (secondary N) is 1. The Morgan fingerprint density at radius 3 is 3.00 bits per heavy atom. The van der Waals surface area contributed by atoms with Gasteiger partial charge in [0.2, 0.25) is 0 Å². The number of ether oxygens (including phenoxy) is 1. The molecule has 1 aromatic carbocycles. The summed E-state index contributed by atoms with van der Waals surface area (Å²) in [5.41, 5.74) is 2.75. The predicted octanol–water partition coefficient (Wildman–Crippen LogP) is 3.87. The molecule has 0 saturated carbocycles. The zero-order valence-electron chi connectivity index (χ0n) is 16.4. The average Bonchev–Trinajstić information content (AvgIpc) is 3.41. The summed E-state index contributed by atoms with van der Waals surface area (Å²) in [7, 11) is 0. The van der Waals surface area contributed by atoms with Crippen LogP contribution in [0, 0.1) is 19.7 Å². The van der Waals surface area contributed by atoms with E-state index in [4.69, 9.17) is 4.74 Å². The molecule has 3 aromatic rings. The van der Waals surface area contributed by atoms with Gasteiger partial charge in [-0.1, -0.05) is 6.07 Å². The summed E-state index contributed by atoms with van der Waals surface area (Å²) in [6.07, 6.45) is 1.55. The molecule has 0 unspecified atom stereocenters. The van der Waals surface area contributed by atoms with E-state index in [-0.39, 0.29) is 17.6 Å². The fourth-order valence-corrected chi connectivity index (χ4v) is 4.50. The van der Waals surface area contributed by atoms with Crippen LogP contribution in [0.4, 0.5) is 4.39 Å². The van der Waals surface area contributed by atoms with E-state index in [2.05, 4.69) is 15.2 Å². The van der Waals surface area contributed by atoms with Gasteiger partial charge in [0.15, 0.2) is 0 Å². The molecule has 1 amide bonds. The molecule has 0 aliphatic carbocycles. The van der Waals surface area contributed by atoms with E-state index in [1.807, 2.05) is 24.8 Å². The third kappa shape index (κ3) is 4.48. The first-order valence-corrected chi connectivity index (χ1v) is 10.5. The lowest BCUT2D eigenvalue weighted by Crippen LogP contribution is -2.28. The van der Waals surface area contributed by atoms with Crippen molar-refractivity contribution in [3.05, 3.63) is 63.1 Å². The number of aromatic amines is 1. The first kappa shape index (κ1) is 19.6. The number of likely N-dealkylation sites (tertiary alicyclic amines) is 1. The van der Waals surface area contributed by atoms with Gasteiger partial charge in [-0.3, -0.25) is 9.89 Å². The number of H-pyrrole nitrogens is 1. The SMILES string of the molecule is Cc1nc(C)c(C(=O)N2CC[C@@H](c3cc(CCOc4cccc(F)c4)[nH]n3)C2)s1.